The smallest absolute Gasteiger partial charge is 0.253 e. The molecule has 1 saturated heterocycles. The molecular formula is C20H27N5O2. The van der Waals surface area contributed by atoms with Crippen molar-refractivity contribution in [3.8, 4) is 0 Å². The minimum absolute atomic E-state index is 0.101. The highest BCUT2D eigenvalue weighted by molar-refractivity contribution is 5.94. The molecule has 4 rings (SSSR count). The van der Waals surface area contributed by atoms with E-state index in [9.17, 15) is 4.79 Å². The third-order valence-electron chi connectivity index (χ3n) is 5.64. The van der Waals surface area contributed by atoms with Gasteiger partial charge in [-0.25, -0.2) is 0 Å². The number of carbonyl (C=O) groups is 1. The lowest BCUT2D eigenvalue weighted by atomic mass is 10.1. The predicted molar refractivity (Wildman–Crippen MR) is 102 cm³/mol. The van der Waals surface area contributed by atoms with Gasteiger partial charge >= 0.3 is 0 Å². The van der Waals surface area contributed by atoms with Gasteiger partial charge in [-0.3, -0.25) is 4.79 Å². The predicted octanol–water partition coefficient (Wildman–Crippen LogP) is 1.15. The highest BCUT2D eigenvalue weighted by atomic mass is 16.3. The molecule has 3 heterocycles. The molecule has 0 aliphatic carbocycles. The number of amides is 1. The summed E-state index contributed by atoms with van der Waals surface area (Å²) in [6.07, 6.45) is 2.63. The zero-order valence-electron chi connectivity index (χ0n) is 15.6. The van der Waals surface area contributed by atoms with Gasteiger partial charge in [0, 0.05) is 63.8 Å². The molecule has 2 aromatic rings. The van der Waals surface area contributed by atoms with Gasteiger partial charge in [0.05, 0.1) is 0 Å². The second kappa shape index (κ2) is 8.19. The van der Waals surface area contributed by atoms with Crippen LogP contribution in [0.3, 0.4) is 0 Å². The van der Waals surface area contributed by atoms with Crippen LogP contribution in [0.2, 0.25) is 0 Å². The summed E-state index contributed by atoms with van der Waals surface area (Å²) in [6.45, 7) is 5.43. The highest BCUT2D eigenvalue weighted by Gasteiger charge is 2.32. The molecule has 0 saturated carbocycles. The first-order chi connectivity index (χ1) is 13.3. The molecule has 1 aromatic carbocycles. The summed E-state index contributed by atoms with van der Waals surface area (Å²) in [7, 11) is 0. The molecule has 1 fully saturated rings. The molecule has 2 aliphatic rings. The normalized spacial score (nSPS) is 20.5. The molecule has 1 amide bonds. The number of hydrogen-bond acceptors (Lipinski definition) is 5. The summed E-state index contributed by atoms with van der Waals surface area (Å²) >= 11 is 0. The lowest BCUT2D eigenvalue weighted by molar-refractivity contribution is 0.0790. The summed E-state index contributed by atoms with van der Waals surface area (Å²) in [5.74, 6) is 2.42. The van der Waals surface area contributed by atoms with E-state index >= 15 is 0 Å². The zero-order chi connectivity index (χ0) is 18.6. The molecule has 7 heteroatoms. The molecule has 7 nitrogen and oxygen atoms in total. The number of likely N-dealkylation sites (tertiary alicyclic amines) is 1. The van der Waals surface area contributed by atoms with E-state index in [1.54, 1.807) is 0 Å². The fourth-order valence-electron chi connectivity index (χ4n) is 4.13. The number of aliphatic hydroxyl groups excluding tert-OH is 1. The monoisotopic (exact) mass is 369 g/mol. The van der Waals surface area contributed by atoms with Crippen LogP contribution in [0.1, 0.15) is 40.8 Å². The van der Waals surface area contributed by atoms with Crippen molar-refractivity contribution in [2.75, 3.05) is 39.3 Å². The van der Waals surface area contributed by atoms with Crippen LogP contribution < -0.4 is 0 Å². The number of aliphatic hydroxyl groups is 1. The minimum atomic E-state index is 0.101. The van der Waals surface area contributed by atoms with Gasteiger partial charge in [-0.05, 0) is 25.0 Å². The van der Waals surface area contributed by atoms with Crippen molar-refractivity contribution in [1.29, 1.82) is 0 Å². The summed E-state index contributed by atoms with van der Waals surface area (Å²) < 4.78 is 2.26. The molecule has 1 N–H and O–H groups in total. The lowest BCUT2D eigenvalue weighted by Crippen LogP contribution is -2.29. The first-order valence-corrected chi connectivity index (χ1v) is 9.86. The topological polar surface area (TPSA) is 74.5 Å². The first kappa shape index (κ1) is 18.1. The van der Waals surface area contributed by atoms with Gasteiger partial charge in [-0.2, -0.15) is 0 Å². The van der Waals surface area contributed by atoms with Crippen LogP contribution in [-0.2, 0) is 13.0 Å². The standard InChI is InChI=1S/C20H27N5O2/c26-14-4-9-23-10-8-18-21-22-19(25(18)13-12-23)17-7-11-24(15-17)20(27)16-5-2-1-3-6-16/h1-3,5-6,17,26H,4,7-15H2. The van der Waals surface area contributed by atoms with Crippen LogP contribution in [0.15, 0.2) is 30.3 Å². The van der Waals surface area contributed by atoms with Gasteiger partial charge in [0.1, 0.15) is 11.6 Å². The maximum atomic E-state index is 12.7. The molecule has 0 radical (unpaired) electrons. The fourth-order valence-corrected chi connectivity index (χ4v) is 4.13. The molecule has 1 unspecified atom stereocenters. The molecule has 1 aromatic heterocycles. The Bertz CT molecular complexity index is 776. The average molecular weight is 369 g/mol. The number of hydrogen-bond donors (Lipinski definition) is 1. The third kappa shape index (κ3) is 3.89. The maximum Gasteiger partial charge on any atom is 0.253 e. The van der Waals surface area contributed by atoms with Crippen LogP contribution in [0.25, 0.3) is 0 Å². The quantitative estimate of drug-likeness (QED) is 0.856. The largest absolute Gasteiger partial charge is 0.396 e. The summed E-state index contributed by atoms with van der Waals surface area (Å²) in [5.41, 5.74) is 0.748. The van der Waals surface area contributed by atoms with Crippen LogP contribution >= 0.6 is 0 Å². The number of fused-ring (bicyclic) bond motifs is 1. The van der Waals surface area contributed by atoms with E-state index in [4.69, 9.17) is 5.11 Å². The zero-order valence-corrected chi connectivity index (χ0v) is 15.6. The van der Waals surface area contributed by atoms with Crippen molar-refractivity contribution >= 4 is 5.91 Å². The van der Waals surface area contributed by atoms with E-state index in [2.05, 4.69) is 19.7 Å². The molecule has 0 spiro atoms. The Labute approximate surface area is 159 Å². The summed E-state index contributed by atoms with van der Waals surface area (Å²) in [6, 6.07) is 9.49. The maximum absolute atomic E-state index is 12.7. The van der Waals surface area contributed by atoms with Crippen LogP contribution in [0, 0.1) is 0 Å². The number of benzene rings is 1. The van der Waals surface area contributed by atoms with Crippen molar-refractivity contribution in [1.82, 2.24) is 24.6 Å². The van der Waals surface area contributed by atoms with Gasteiger partial charge in [-0.1, -0.05) is 18.2 Å². The van der Waals surface area contributed by atoms with E-state index in [0.29, 0.717) is 6.54 Å². The summed E-state index contributed by atoms with van der Waals surface area (Å²) in [5, 5.41) is 18.0. The van der Waals surface area contributed by atoms with Crippen molar-refractivity contribution < 1.29 is 9.90 Å². The molecule has 144 valence electrons. The second-order valence-corrected chi connectivity index (χ2v) is 7.40. The Balaban J connectivity index is 1.43. The SMILES string of the molecule is O=C(c1ccccc1)N1CCC(c2nnc3n2CCN(CCCO)CC3)C1. The van der Waals surface area contributed by atoms with Gasteiger partial charge in [-0.15, -0.1) is 10.2 Å². The highest BCUT2D eigenvalue weighted by Crippen LogP contribution is 2.28. The van der Waals surface area contributed by atoms with Crippen LogP contribution in [0.5, 0.6) is 0 Å². The van der Waals surface area contributed by atoms with Gasteiger partial charge in [0.2, 0.25) is 0 Å². The van der Waals surface area contributed by atoms with E-state index in [1.807, 2.05) is 35.2 Å². The van der Waals surface area contributed by atoms with Gasteiger partial charge < -0.3 is 19.5 Å². The first-order valence-electron chi connectivity index (χ1n) is 9.86. The molecule has 1 atom stereocenters. The minimum Gasteiger partial charge on any atom is -0.396 e. The van der Waals surface area contributed by atoms with Crippen molar-refractivity contribution in [2.24, 2.45) is 0 Å². The fraction of sp³-hybridized carbons (Fsp3) is 0.550. The molecular weight excluding hydrogens is 342 g/mol. The Morgan fingerprint density at radius 3 is 2.78 bits per heavy atom. The van der Waals surface area contributed by atoms with Crippen molar-refractivity contribution in [2.45, 2.75) is 31.7 Å². The molecule has 2 aliphatic heterocycles. The van der Waals surface area contributed by atoms with Crippen molar-refractivity contribution in [3.05, 3.63) is 47.5 Å². The Morgan fingerprint density at radius 2 is 1.96 bits per heavy atom. The van der Waals surface area contributed by atoms with Crippen molar-refractivity contribution in [3.63, 3.8) is 0 Å². The number of nitrogens with zero attached hydrogens (tertiary/aromatic N) is 5. The van der Waals surface area contributed by atoms with Gasteiger partial charge in [0.15, 0.2) is 0 Å². The van der Waals surface area contributed by atoms with E-state index in [0.717, 1.165) is 69.2 Å². The Morgan fingerprint density at radius 1 is 1.11 bits per heavy atom. The number of aromatic nitrogens is 3. The summed E-state index contributed by atoms with van der Waals surface area (Å²) in [4.78, 5) is 17.0. The Kier molecular flexibility index (Phi) is 5.50. The lowest BCUT2D eigenvalue weighted by Gasteiger charge is -2.19. The van der Waals surface area contributed by atoms with E-state index in [-0.39, 0.29) is 18.4 Å². The third-order valence-corrected chi connectivity index (χ3v) is 5.64. The molecule has 0 bridgehead atoms. The van der Waals surface area contributed by atoms with Gasteiger partial charge in [0.25, 0.3) is 5.91 Å². The average Bonchev–Trinajstić information content (AvgIpc) is 3.30. The second-order valence-electron chi connectivity index (χ2n) is 7.40. The van der Waals surface area contributed by atoms with Crippen LogP contribution in [0.4, 0.5) is 0 Å². The van der Waals surface area contributed by atoms with Crippen LogP contribution in [-0.4, -0.2) is 74.9 Å². The number of rotatable bonds is 5. The van der Waals surface area contributed by atoms with E-state index in [1.165, 1.54) is 0 Å². The van der Waals surface area contributed by atoms with E-state index < -0.39 is 0 Å². The molecule has 27 heavy (non-hydrogen) atoms. The Hall–Kier alpha value is -2.25. The number of carbonyl (C=O) groups excluding carboxylic acids is 1.